The number of nitrogens with one attached hydrogen (secondary N) is 1. The Morgan fingerprint density at radius 3 is 2.81 bits per heavy atom. The molecule has 0 spiro atoms. The summed E-state index contributed by atoms with van der Waals surface area (Å²) in [5.74, 6) is 0.765. The maximum atomic E-state index is 11.7. The molecule has 6 heteroatoms. The summed E-state index contributed by atoms with van der Waals surface area (Å²) in [7, 11) is 0. The van der Waals surface area contributed by atoms with Crippen LogP contribution >= 0.6 is 24.0 Å². The predicted molar refractivity (Wildman–Crippen MR) is 69.3 cm³/mol. The number of nitrogens with zero attached hydrogens (tertiary/aromatic N) is 1. The van der Waals surface area contributed by atoms with Gasteiger partial charge in [-0.2, -0.15) is 0 Å². The lowest BCUT2D eigenvalue weighted by Gasteiger charge is -2.14. The smallest absolute Gasteiger partial charge is 0.228 e. The highest BCUT2D eigenvalue weighted by atomic mass is 32.2. The van der Waals surface area contributed by atoms with Crippen molar-refractivity contribution in [2.75, 3.05) is 18.8 Å². The molecule has 90 valence electrons. The van der Waals surface area contributed by atoms with E-state index in [-0.39, 0.29) is 24.7 Å². The number of thiocarbonyl (C=S) groups is 1. The van der Waals surface area contributed by atoms with Crippen LogP contribution in [0.25, 0.3) is 0 Å². The molecule has 0 bridgehead atoms. The van der Waals surface area contributed by atoms with Crippen LogP contribution in [0.5, 0.6) is 0 Å². The molecular formula is C10H16N2O2S2. The van der Waals surface area contributed by atoms with E-state index in [2.05, 4.69) is 5.32 Å². The number of thioether (sulfide) groups is 1. The predicted octanol–water partition coefficient (Wildman–Crippen LogP) is 1.15. The lowest BCUT2D eigenvalue weighted by molar-refractivity contribution is -0.130. The van der Waals surface area contributed by atoms with Crippen LogP contribution in [0, 0.1) is 0 Å². The average molecular weight is 260 g/mol. The van der Waals surface area contributed by atoms with Crippen LogP contribution in [0.3, 0.4) is 0 Å². The number of amides is 2. The van der Waals surface area contributed by atoms with E-state index in [4.69, 9.17) is 12.2 Å². The summed E-state index contributed by atoms with van der Waals surface area (Å²) in [6, 6.07) is 0. The van der Waals surface area contributed by atoms with Gasteiger partial charge in [0.1, 0.15) is 4.32 Å². The minimum absolute atomic E-state index is 0.0401. The molecule has 0 saturated carbocycles. The van der Waals surface area contributed by atoms with Crippen molar-refractivity contribution < 1.29 is 9.59 Å². The first-order chi connectivity index (χ1) is 7.65. The average Bonchev–Trinajstić information content (AvgIpc) is 2.69. The minimum Gasteiger partial charge on any atom is -0.356 e. The Kier molecular flexibility index (Phi) is 5.76. The topological polar surface area (TPSA) is 49.4 Å². The van der Waals surface area contributed by atoms with E-state index in [0.717, 1.165) is 12.2 Å². The van der Waals surface area contributed by atoms with E-state index >= 15 is 0 Å². The summed E-state index contributed by atoms with van der Waals surface area (Å²) < 4.78 is 0.638. The quantitative estimate of drug-likeness (QED) is 0.754. The van der Waals surface area contributed by atoms with Crippen molar-refractivity contribution in [2.45, 2.75) is 26.2 Å². The molecule has 0 aliphatic carbocycles. The van der Waals surface area contributed by atoms with Gasteiger partial charge in [-0.1, -0.05) is 30.9 Å². The maximum absolute atomic E-state index is 11.7. The first-order valence-electron chi connectivity index (χ1n) is 5.39. The van der Waals surface area contributed by atoms with E-state index in [9.17, 15) is 9.59 Å². The van der Waals surface area contributed by atoms with Crippen LogP contribution in [-0.4, -0.2) is 39.9 Å². The second kappa shape index (κ2) is 6.85. The van der Waals surface area contributed by atoms with Crippen LogP contribution in [0.15, 0.2) is 0 Å². The highest BCUT2D eigenvalue weighted by Gasteiger charge is 2.23. The van der Waals surface area contributed by atoms with Gasteiger partial charge >= 0.3 is 0 Å². The van der Waals surface area contributed by atoms with Crippen molar-refractivity contribution in [2.24, 2.45) is 0 Å². The number of carbonyl (C=O) groups is 2. The van der Waals surface area contributed by atoms with Crippen molar-refractivity contribution in [3.05, 3.63) is 0 Å². The number of rotatable bonds is 5. The van der Waals surface area contributed by atoms with Crippen molar-refractivity contribution in [3.63, 3.8) is 0 Å². The normalized spacial score (nSPS) is 15.3. The van der Waals surface area contributed by atoms with E-state index in [1.54, 1.807) is 4.90 Å². The van der Waals surface area contributed by atoms with Gasteiger partial charge in [-0.3, -0.25) is 14.5 Å². The van der Waals surface area contributed by atoms with Gasteiger partial charge in [0.2, 0.25) is 11.8 Å². The molecule has 0 unspecified atom stereocenters. The second-order valence-electron chi connectivity index (χ2n) is 3.51. The van der Waals surface area contributed by atoms with Crippen LogP contribution in [0.1, 0.15) is 26.2 Å². The van der Waals surface area contributed by atoms with Crippen LogP contribution in [0.4, 0.5) is 0 Å². The third kappa shape index (κ3) is 4.09. The Morgan fingerprint density at radius 2 is 2.25 bits per heavy atom. The van der Waals surface area contributed by atoms with Crippen LogP contribution < -0.4 is 5.32 Å². The molecule has 1 fully saturated rings. The largest absolute Gasteiger partial charge is 0.356 e. The Labute approximate surface area is 105 Å². The highest BCUT2D eigenvalue weighted by molar-refractivity contribution is 8.23. The summed E-state index contributed by atoms with van der Waals surface area (Å²) in [4.78, 5) is 24.6. The third-order valence-electron chi connectivity index (χ3n) is 2.20. The zero-order valence-corrected chi connectivity index (χ0v) is 11.0. The van der Waals surface area contributed by atoms with Crippen molar-refractivity contribution >= 4 is 40.1 Å². The van der Waals surface area contributed by atoms with E-state index in [1.807, 2.05) is 6.92 Å². The molecule has 4 nitrogen and oxygen atoms in total. The first kappa shape index (κ1) is 13.4. The minimum atomic E-state index is -0.0621. The first-order valence-corrected chi connectivity index (χ1v) is 6.78. The van der Waals surface area contributed by atoms with Gasteiger partial charge in [-0.05, 0) is 6.42 Å². The molecule has 16 heavy (non-hydrogen) atoms. The lowest BCUT2D eigenvalue weighted by Crippen LogP contribution is -2.32. The summed E-state index contributed by atoms with van der Waals surface area (Å²) in [5, 5.41) is 2.74. The summed E-state index contributed by atoms with van der Waals surface area (Å²) >= 11 is 6.55. The SMILES string of the molecule is CCCNC(=O)CCC(=O)N1CCSC1=S. The van der Waals surface area contributed by atoms with E-state index in [0.29, 0.717) is 17.4 Å². The second-order valence-corrected chi connectivity index (χ2v) is 5.24. The fraction of sp³-hybridized carbons (Fsp3) is 0.700. The van der Waals surface area contributed by atoms with Gasteiger partial charge in [-0.25, -0.2) is 0 Å². The highest BCUT2D eigenvalue weighted by Crippen LogP contribution is 2.18. The molecule has 2 amide bonds. The summed E-state index contributed by atoms with van der Waals surface area (Å²) in [5.41, 5.74) is 0. The molecule has 1 rings (SSSR count). The van der Waals surface area contributed by atoms with Crippen LogP contribution in [0.2, 0.25) is 0 Å². The molecular weight excluding hydrogens is 244 g/mol. The number of carbonyl (C=O) groups excluding carboxylic acids is 2. The maximum Gasteiger partial charge on any atom is 0.228 e. The van der Waals surface area contributed by atoms with Crippen molar-refractivity contribution in [3.8, 4) is 0 Å². The molecule has 0 atom stereocenters. The van der Waals surface area contributed by atoms with Crippen molar-refractivity contribution in [1.29, 1.82) is 0 Å². The molecule has 1 N–H and O–H groups in total. The van der Waals surface area contributed by atoms with Gasteiger partial charge < -0.3 is 5.32 Å². The molecule has 1 saturated heterocycles. The van der Waals surface area contributed by atoms with Gasteiger partial charge in [0.15, 0.2) is 0 Å². The standard InChI is InChI=1S/C10H16N2O2S2/c1-2-5-11-8(13)3-4-9(14)12-6-7-16-10(12)15/h2-7H2,1H3,(H,11,13). The number of hydrogen-bond donors (Lipinski definition) is 1. The van der Waals surface area contributed by atoms with Crippen molar-refractivity contribution in [1.82, 2.24) is 10.2 Å². The molecule has 1 aliphatic rings. The summed E-state index contributed by atoms with van der Waals surface area (Å²) in [6.07, 6.45) is 1.41. The Bertz CT molecular complexity index is 295. The molecule has 0 aromatic heterocycles. The molecule has 1 aliphatic heterocycles. The monoisotopic (exact) mass is 260 g/mol. The molecule has 0 aromatic rings. The van der Waals surface area contributed by atoms with E-state index in [1.165, 1.54) is 11.8 Å². The van der Waals surface area contributed by atoms with Gasteiger partial charge in [0.25, 0.3) is 0 Å². The van der Waals surface area contributed by atoms with E-state index < -0.39 is 0 Å². The third-order valence-corrected chi connectivity index (χ3v) is 3.63. The lowest BCUT2D eigenvalue weighted by atomic mass is 10.2. The zero-order valence-electron chi connectivity index (χ0n) is 9.32. The molecule has 1 heterocycles. The van der Waals surface area contributed by atoms with Gasteiger partial charge in [0, 0.05) is 31.7 Å². The van der Waals surface area contributed by atoms with Crippen LogP contribution in [-0.2, 0) is 9.59 Å². The fourth-order valence-corrected chi connectivity index (χ4v) is 2.57. The Balaban J connectivity index is 2.24. The van der Waals surface area contributed by atoms with Gasteiger partial charge in [-0.15, -0.1) is 0 Å². The summed E-state index contributed by atoms with van der Waals surface area (Å²) in [6.45, 7) is 3.34. The molecule has 0 aromatic carbocycles. The Hall–Kier alpha value is -0.620. The molecule has 0 radical (unpaired) electrons. The van der Waals surface area contributed by atoms with Gasteiger partial charge in [0.05, 0.1) is 0 Å². The number of hydrogen-bond acceptors (Lipinski definition) is 4. The Morgan fingerprint density at radius 1 is 1.50 bits per heavy atom. The zero-order chi connectivity index (χ0) is 12.0. The fourth-order valence-electron chi connectivity index (χ4n) is 1.33.